The Labute approximate surface area is 104 Å². The lowest BCUT2D eigenvalue weighted by Gasteiger charge is -2.15. The van der Waals surface area contributed by atoms with Crippen molar-refractivity contribution in [2.45, 2.75) is 13.0 Å². The van der Waals surface area contributed by atoms with Crippen LogP contribution in [0.3, 0.4) is 0 Å². The molecule has 1 atom stereocenters. The third-order valence-corrected chi connectivity index (χ3v) is 2.56. The Hall–Kier alpha value is -2.44. The zero-order chi connectivity index (χ0) is 13.1. The summed E-state index contributed by atoms with van der Waals surface area (Å²) >= 11 is 0. The van der Waals surface area contributed by atoms with Gasteiger partial charge >= 0.3 is 5.97 Å². The maximum absolute atomic E-state index is 11.0. The third-order valence-electron chi connectivity index (χ3n) is 2.56. The van der Waals surface area contributed by atoms with Crippen molar-refractivity contribution in [1.29, 1.82) is 0 Å². The van der Waals surface area contributed by atoms with Crippen LogP contribution in [0.15, 0.2) is 24.8 Å². The summed E-state index contributed by atoms with van der Waals surface area (Å²) < 4.78 is 1.78. The summed E-state index contributed by atoms with van der Waals surface area (Å²) in [4.78, 5) is 14.8. The van der Waals surface area contributed by atoms with Crippen molar-refractivity contribution >= 4 is 11.7 Å². The van der Waals surface area contributed by atoms with E-state index in [-0.39, 0.29) is 11.6 Å². The first-order chi connectivity index (χ1) is 8.59. The van der Waals surface area contributed by atoms with Crippen LogP contribution in [0.1, 0.15) is 29.1 Å². The summed E-state index contributed by atoms with van der Waals surface area (Å²) in [5.41, 5.74) is 0.638. The number of carbonyl (C=O) groups is 1. The normalized spacial score (nSPS) is 12.1. The van der Waals surface area contributed by atoms with E-state index in [4.69, 9.17) is 5.11 Å². The summed E-state index contributed by atoms with van der Waals surface area (Å²) in [6.07, 6.45) is 4.45. The summed E-state index contributed by atoms with van der Waals surface area (Å²) in [7, 11) is 1.83. The van der Waals surface area contributed by atoms with Crippen molar-refractivity contribution < 1.29 is 9.90 Å². The van der Waals surface area contributed by atoms with Gasteiger partial charge in [0, 0.05) is 19.4 Å². The maximum atomic E-state index is 11.0. The number of carboxylic acids is 1. The molecule has 0 aromatic carbocycles. The molecule has 0 saturated heterocycles. The molecular formula is C11H13N5O2. The van der Waals surface area contributed by atoms with E-state index in [2.05, 4.69) is 20.5 Å². The summed E-state index contributed by atoms with van der Waals surface area (Å²) in [6.45, 7) is 1.88. The number of nitrogens with zero attached hydrogens (tertiary/aromatic N) is 4. The minimum atomic E-state index is -1.02. The molecule has 0 saturated carbocycles. The highest BCUT2D eigenvalue weighted by Crippen LogP contribution is 2.20. The Balaban J connectivity index is 2.25. The van der Waals surface area contributed by atoms with Gasteiger partial charge in [-0.05, 0) is 13.0 Å². The first kappa shape index (κ1) is 12.0. The van der Waals surface area contributed by atoms with Crippen LogP contribution in [0, 0.1) is 0 Å². The minimum absolute atomic E-state index is 0.131. The average Bonchev–Trinajstić information content (AvgIpc) is 2.76. The fourth-order valence-electron chi connectivity index (χ4n) is 1.67. The van der Waals surface area contributed by atoms with E-state index in [1.165, 1.54) is 12.4 Å². The molecule has 2 N–H and O–H groups in total. The average molecular weight is 247 g/mol. The lowest BCUT2D eigenvalue weighted by Crippen LogP contribution is -2.14. The number of anilines is 1. The first-order valence-corrected chi connectivity index (χ1v) is 5.37. The van der Waals surface area contributed by atoms with Crippen molar-refractivity contribution in [1.82, 2.24) is 19.7 Å². The van der Waals surface area contributed by atoms with Gasteiger partial charge in [0.2, 0.25) is 0 Å². The standard InChI is InChI=1S/C11H13N5O2/c1-7(10-15-13-6-16(10)2)14-9-3-4-12-5-8(9)11(17)18/h3-7H,1-2H3,(H,12,14)(H,17,18). The Morgan fingerprint density at radius 3 is 2.94 bits per heavy atom. The number of hydrogen-bond donors (Lipinski definition) is 2. The van der Waals surface area contributed by atoms with E-state index in [9.17, 15) is 4.79 Å². The number of aromatic carboxylic acids is 1. The molecule has 7 nitrogen and oxygen atoms in total. The number of carboxylic acid groups (broad SMARTS) is 1. The number of aromatic nitrogens is 4. The number of hydrogen-bond acceptors (Lipinski definition) is 5. The van der Waals surface area contributed by atoms with Crippen LogP contribution >= 0.6 is 0 Å². The molecule has 94 valence electrons. The molecule has 0 aliphatic carbocycles. The first-order valence-electron chi connectivity index (χ1n) is 5.37. The quantitative estimate of drug-likeness (QED) is 0.839. The van der Waals surface area contributed by atoms with Gasteiger partial charge in [-0.3, -0.25) is 4.98 Å². The van der Waals surface area contributed by atoms with Crippen LogP contribution in [0.5, 0.6) is 0 Å². The molecule has 0 aliphatic rings. The smallest absolute Gasteiger partial charge is 0.339 e. The summed E-state index contributed by atoms with van der Waals surface area (Å²) in [5, 5.41) is 19.9. The van der Waals surface area contributed by atoms with Crippen molar-refractivity contribution in [3.8, 4) is 0 Å². The van der Waals surface area contributed by atoms with Crippen LogP contribution in [0.25, 0.3) is 0 Å². The Bertz CT molecular complexity index is 566. The Kier molecular flexibility index (Phi) is 3.22. The van der Waals surface area contributed by atoms with Gasteiger partial charge in [-0.1, -0.05) is 0 Å². The van der Waals surface area contributed by atoms with Crippen molar-refractivity contribution in [3.63, 3.8) is 0 Å². The van der Waals surface area contributed by atoms with Gasteiger partial charge < -0.3 is 15.0 Å². The van der Waals surface area contributed by atoms with Crippen molar-refractivity contribution in [2.24, 2.45) is 7.05 Å². The van der Waals surface area contributed by atoms with E-state index >= 15 is 0 Å². The van der Waals surface area contributed by atoms with Crippen LogP contribution in [-0.2, 0) is 7.05 Å². The minimum Gasteiger partial charge on any atom is -0.478 e. The van der Waals surface area contributed by atoms with Crippen LogP contribution in [-0.4, -0.2) is 30.8 Å². The number of pyridine rings is 1. The molecule has 2 aromatic heterocycles. The number of aryl methyl sites for hydroxylation is 1. The van der Waals surface area contributed by atoms with E-state index in [0.29, 0.717) is 5.69 Å². The van der Waals surface area contributed by atoms with Gasteiger partial charge in [-0.2, -0.15) is 0 Å². The van der Waals surface area contributed by atoms with Crippen molar-refractivity contribution in [2.75, 3.05) is 5.32 Å². The Morgan fingerprint density at radius 1 is 1.56 bits per heavy atom. The SMILES string of the molecule is CC(Nc1ccncc1C(=O)O)c1nncn1C. The molecule has 1 unspecified atom stereocenters. The second-order valence-corrected chi connectivity index (χ2v) is 3.89. The van der Waals surface area contributed by atoms with E-state index < -0.39 is 5.97 Å². The molecule has 0 bridgehead atoms. The molecule has 0 fully saturated rings. The van der Waals surface area contributed by atoms with Gasteiger partial charge in [0.25, 0.3) is 0 Å². The Morgan fingerprint density at radius 2 is 2.33 bits per heavy atom. The van der Waals surface area contributed by atoms with Crippen LogP contribution in [0.2, 0.25) is 0 Å². The molecule has 2 heterocycles. The highest BCUT2D eigenvalue weighted by molar-refractivity contribution is 5.93. The highest BCUT2D eigenvalue weighted by Gasteiger charge is 2.15. The van der Waals surface area contributed by atoms with E-state index in [1.54, 1.807) is 17.0 Å². The van der Waals surface area contributed by atoms with E-state index in [1.807, 2.05) is 14.0 Å². The fraction of sp³-hybridized carbons (Fsp3) is 0.273. The zero-order valence-corrected chi connectivity index (χ0v) is 10.0. The summed E-state index contributed by atoms with van der Waals surface area (Å²) in [5.74, 6) is -0.293. The molecular weight excluding hydrogens is 234 g/mol. The topological polar surface area (TPSA) is 92.9 Å². The monoisotopic (exact) mass is 247 g/mol. The lowest BCUT2D eigenvalue weighted by molar-refractivity contribution is 0.0697. The van der Waals surface area contributed by atoms with E-state index in [0.717, 1.165) is 5.82 Å². The predicted molar refractivity (Wildman–Crippen MR) is 64.2 cm³/mol. The summed E-state index contributed by atoms with van der Waals surface area (Å²) in [6, 6.07) is 1.47. The van der Waals surface area contributed by atoms with Gasteiger partial charge in [-0.25, -0.2) is 4.79 Å². The zero-order valence-electron chi connectivity index (χ0n) is 10.0. The molecule has 18 heavy (non-hydrogen) atoms. The maximum Gasteiger partial charge on any atom is 0.339 e. The van der Waals surface area contributed by atoms with Gasteiger partial charge in [0.15, 0.2) is 5.82 Å². The molecule has 0 aliphatic heterocycles. The molecule has 0 spiro atoms. The molecule has 0 amide bonds. The molecule has 7 heteroatoms. The largest absolute Gasteiger partial charge is 0.478 e. The third kappa shape index (κ3) is 2.29. The molecule has 2 aromatic rings. The highest BCUT2D eigenvalue weighted by atomic mass is 16.4. The van der Waals surface area contributed by atoms with Crippen LogP contribution in [0.4, 0.5) is 5.69 Å². The lowest BCUT2D eigenvalue weighted by atomic mass is 10.2. The number of rotatable bonds is 4. The van der Waals surface area contributed by atoms with Crippen LogP contribution < -0.4 is 5.32 Å². The second kappa shape index (κ2) is 4.82. The fourth-order valence-corrected chi connectivity index (χ4v) is 1.67. The molecule has 0 radical (unpaired) electrons. The van der Waals surface area contributed by atoms with Gasteiger partial charge in [0.1, 0.15) is 11.9 Å². The second-order valence-electron chi connectivity index (χ2n) is 3.89. The molecule has 2 rings (SSSR count). The number of nitrogens with one attached hydrogen (secondary N) is 1. The predicted octanol–water partition coefficient (Wildman–Crippen LogP) is 1.08. The van der Waals surface area contributed by atoms with Gasteiger partial charge in [0.05, 0.1) is 11.7 Å². The van der Waals surface area contributed by atoms with Crippen molar-refractivity contribution in [3.05, 3.63) is 36.2 Å². The van der Waals surface area contributed by atoms with Gasteiger partial charge in [-0.15, -0.1) is 10.2 Å².